The van der Waals surface area contributed by atoms with E-state index in [1.807, 2.05) is 6.07 Å². The molecule has 6 heteroatoms. The zero-order valence-electron chi connectivity index (χ0n) is 9.28. The van der Waals surface area contributed by atoms with E-state index in [2.05, 4.69) is 20.5 Å². The zero-order chi connectivity index (χ0) is 12.1. The molecule has 0 aliphatic carbocycles. The molecule has 0 saturated heterocycles. The fraction of sp³-hybridized carbons (Fsp3) is 0.273. The fourth-order valence-corrected chi connectivity index (χ4v) is 1.68. The Balaban J connectivity index is 1.80. The third-order valence-electron chi connectivity index (χ3n) is 2.39. The number of halogens is 1. The summed E-state index contributed by atoms with van der Waals surface area (Å²) in [4.78, 5) is 4.05. The number of aromatic amines is 1. The summed E-state index contributed by atoms with van der Waals surface area (Å²) in [6.45, 7) is 0.811. The lowest BCUT2D eigenvalue weighted by Gasteiger charge is -2.08. The molecule has 4 N–H and O–H groups in total. The molecule has 0 saturated carbocycles. The number of nitrogens with zero attached hydrogens (tertiary/aromatic N) is 2. The lowest BCUT2D eigenvalue weighted by atomic mass is 10.2. The van der Waals surface area contributed by atoms with Crippen LogP contribution in [0.25, 0.3) is 0 Å². The molecule has 17 heavy (non-hydrogen) atoms. The van der Waals surface area contributed by atoms with Gasteiger partial charge in [0.1, 0.15) is 12.2 Å². The van der Waals surface area contributed by atoms with Gasteiger partial charge in [-0.2, -0.15) is 5.10 Å². The highest BCUT2D eigenvalue weighted by molar-refractivity contribution is 6.31. The van der Waals surface area contributed by atoms with Gasteiger partial charge in [-0.3, -0.25) is 5.10 Å². The van der Waals surface area contributed by atoms with Gasteiger partial charge in [0.2, 0.25) is 0 Å². The van der Waals surface area contributed by atoms with Crippen molar-refractivity contribution in [2.24, 2.45) is 0 Å². The Morgan fingerprint density at radius 3 is 3.06 bits per heavy atom. The molecule has 0 amide bonds. The lowest BCUT2D eigenvalue weighted by Crippen LogP contribution is -2.05. The Morgan fingerprint density at radius 1 is 1.41 bits per heavy atom. The number of H-pyrrole nitrogens is 1. The first-order valence-corrected chi connectivity index (χ1v) is 5.76. The molecule has 0 fully saturated rings. The predicted octanol–water partition coefficient (Wildman–Crippen LogP) is 2.08. The number of anilines is 2. The van der Waals surface area contributed by atoms with Gasteiger partial charge in [-0.15, -0.1) is 0 Å². The Morgan fingerprint density at radius 2 is 2.29 bits per heavy atom. The van der Waals surface area contributed by atoms with E-state index in [1.54, 1.807) is 12.1 Å². The van der Waals surface area contributed by atoms with Gasteiger partial charge in [0.05, 0.1) is 11.4 Å². The minimum atomic E-state index is 0.678. The van der Waals surface area contributed by atoms with E-state index in [4.69, 9.17) is 17.3 Å². The molecule has 0 unspecified atom stereocenters. The predicted molar refractivity (Wildman–Crippen MR) is 69.1 cm³/mol. The molecule has 1 aromatic heterocycles. The average Bonchev–Trinajstić information content (AvgIpc) is 2.82. The molecular weight excluding hydrogens is 238 g/mol. The molecule has 0 spiro atoms. The van der Waals surface area contributed by atoms with Crippen LogP contribution in [-0.2, 0) is 6.42 Å². The summed E-state index contributed by atoms with van der Waals surface area (Å²) in [5, 5.41) is 10.5. The molecule has 1 heterocycles. The van der Waals surface area contributed by atoms with Gasteiger partial charge in [0.25, 0.3) is 0 Å². The van der Waals surface area contributed by atoms with Crippen LogP contribution in [0.5, 0.6) is 0 Å². The Hall–Kier alpha value is -1.75. The van der Waals surface area contributed by atoms with Gasteiger partial charge < -0.3 is 11.1 Å². The quantitative estimate of drug-likeness (QED) is 0.562. The van der Waals surface area contributed by atoms with Crippen LogP contribution in [0.1, 0.15) is 12.2 Å². The second kappa shape index (κ2) is 5.54. The third-order valence-corrected chi connectivity index (χ3v) is 2.62. The second-order valence-electron chi connectivity index (χ2n) is 3.69. The van der Waals surface area contributed by atoms with Crippen molar-refractivity contribution in [3.05, 3.63) is 35.4 Å². The molecule has 1 aromatic carbocycles. The Bertz CT molecular complexity index is 469. The van der Waals surface area contributed by atoms with Crippen LogP contribution < -0.4 is 11.1 Å². The maximum absolute atomic E-state index is 5.89. The molecule has 5 nitrogen and oxygen atoms in total. The summed E-state index contributed by atoms with van der Waals surface area (Å²) in [5.41, 5.74) is 7.39. The number of hydrogen-bond acceptors (Lipinski definition) is 4. The van der Waals surface area contributed by atoms with Crippen molar-refractivity contribution < 1.29 is 0 Å². The molecule has 90 valence electrons. The number of aryl methyl sites for hydroxylation is 1. The standard InChI is InChI=1S/C11H14ClN5/c12-8-3-4-9(13)10(6-8)14-5-1-2-11-15-7-16-17-11/h3-4,6-7,14H,1-2,5,13H2,(H,15,16,17). The van der Waals surface area contributed by atoms with Crippen LogP contribution in [0.15, 0.2) is 24.5 Å². The molecule has 2 rings (SSSR count). The van der Waals surface area contributed by atoms with Gasteiger partial charge in [0.15, 0.2) is 0 Å². The molecule has 0 atom stereocenters. The maximum Gasteiger partial charge on any atom is 0.137 e. The summed E-state index contributed by atoms with van der Waals surface area (Å²) in [6, 6.07) is 5.39. The van der Waals surface area contributed by atoms with Crippen molar-refractivity contribution >= 4 is 23.0 Å². The molecular formula is C11H14ClN5. The number of nitrogen functional groups attached to an aromatic ring is 1. The maximum atomic E-state index is 5.89. The van der Waals surface area contributed by atoms with Gasteiger partial charge >= 0.3 is 0 Å². The summed E-state index contributed by atoms with van der Waals surface area (Å²) < 4.78 is 0. The van der Waals surface area contributed by atoms with Gasteiger partial charge in [0, 0.05) is 18.0 Å². The SMILES string of the molecule is Nc1ccc(Cl)cc1NCCCc1ncn[nH]1. The van der Waals surface area contributed by atoms with Crippen molar-refractivity contribution in [3.63, 3.8) is 0 Å². The molecule has 0 aliphatic heterocycles. The second-order valence-corrected chi connectivity index (χ2v) is 4.13. The fourth-order valence-electron chi connectivity index (χ4n) is 1.51. The van der Waals surface area contributed by atoms with E-state index >= 15 is 0 Å². The third kappa shape index (κ3) is 3.35. The molecule has 0 radical (unpaired) electrons. The monoisotopic (exact) mass is 251 g/mol. The first kappa shape index (κ1) is 11.7. The van der Waals surface area contributed by atoms with Crippen molar-refractivity contribution in [1.29, 1.82) is 0 Å². The van der Waals surface area contributed by atoms with Crippen molar-refractivity contribution in [2.75, 3.05) is 17.6 Å². The highest BCUT2D eigenvalue weighted by Gasteiger charge is 2.00. The van der Waals surface area contributed by atoms with E-state index in [-0.39, 0.29) is 0 Å². The molecule has 0 bridgehead atoms. The number of rotatable bonds is 5. The van der Waals surface area contributed by atoms with Gasteiger partial charge in [-0.05, 0) is 24.6 Å². The van der Waals surface area contributed by atoms with Gasteiger partial charge in [-0.1, -0.05) is 11.6 Å². The van der Waals surface area contributed by atoms with Crippen LogP contribution in [0.2, 0.25) is 5.02 Å². The van der Waals surface area contributed by atoms with Crippen LogP contribution in [0, 0.1) is 0 Å². The van der Waals surface area contributed by atoms with E-state index in [0.717, 1.165) is 30.9 Å². The van der Waals surface area contributed by atoms with Crippen LogP contribution >= 0.6 is 11.6 Å². The zero-order valence-corrected chi connectivity index (χ0v) is 10.0. The van der Waals surface area contributed by atoms with Gasteiger partial charge in [-0.25, -0.2) is 4.98 Å². The smallest absolute Gasteiger partial charge is 0.137 e. The Labute approximate surface area is 104 Å². The summed E-state index contributed by atoms with van der Waals surface area (Å²) >= 11 is 5.89. The van der Waals surface area contributed by atoms with E-state index in [9.17, 15) is 0 Å². The number of aromatic nitrogens is 3. The first-order valence-electron chi connectivity index (χ1n) is 5.39. The van der Waals surface area contributed by atoms with E-state index in [1.165, 1.54) is 6.33 Å². The van der Waals surface area contributed by atoms with E-state index in [0.29, 0.717) is 10.7 Å². The Kier molecular flexibility index (Phi) is 3.82. The highest BCUT2D eigenvalue weighted by atomic mass is 35.5. The normalized spacial score (nSPS) is 10.4. The van der Waals surface area contributed by atoms with Crippen LogP contribution in [0.3, 0.4) is 0 Å². The minimum Gasteiger partial charge on any atom is -0.397 e. The largest absolute Gasteiger partial charge is 0.397 e. The summed E-state index contributed by atoms with van der Waals surface area (Å²) in [5.74, 6) is 0.894. The topological polar surface area (TPSA) is 79.6 Å². The lowest BCUT2D eigenvalue weighted by molar-refractivity contribution is 0.806. The number of nitrogens with one attached hydrogen (secondary N) is 2. The molecule has 0 aliphatic rings. The highest BCUT2D eigenvalue weighted by Crippen LogP contribution is 2.22. The van der Waals surface area contributed by atoms with Crippen molar-refractivity contribution in [1.82, 2.24) is 15.2 Å². The van der Waals surface area contributed by atoms with E-state index < -0.39 is 0 Å². The number of nitrogens with two attached hydrogens (primary N) is 1. The van der Waals surface area contributed by atoms with Crippen LogP contribution in [0.4, 0.5) is 11.4 Å². The number of hydrogen-bond donors (Lipinski definition) is 3. The summed E-state index contributed by atoms with van der Waals surface area (Å²) in [6.07, 6.45) is 3.31. The minimum absolute atomic E-state index is 0.678. The van der Waals surface area contributed by atoms with Crippen molar-refractivity contribution in [3.8, 4) is 0 Å². The first-order chi connectivity index (χ1) is 8.25. The molecule has 2 aromatic rings. The van der Waals surface area contributed by atoms with Crippen molar-refractivity contribution in [2.45, 2.75) is 12.8 Å². The van der Waals surface area contributed by atoms with Crippen LogP contribution in [-0.4, -0.2) is 21.7 Å². The number of benzene rings is 1. The summed E-state index contributed by atoms with van der Waals surface area (Å²) in [7, 11) is 0. The average molecular weight is 252 g/mol.